The minimum absolute atomic E-state index is 0.0255. The number of rotatable bonds is 5. The van der Waals surface area contributed by atoms with E-state index in [0.29, 0.717) is 12.1 Å². The molecule has 2 atom stereocenters. The standard InChI is InChI=1S/C15H20N6O2S/c1-2-7-24(22,23)20-11-4-3-10(8-11)15-19-18-13-9-17-14-12(21(13)15)5-6-16-14/h5-6,9-11,16,20H,2-4,7-8H2,1H3/t10-,11+/m1/s1. The Kier molecular flexibility index (Phi) is 3.76. The van der Waals surface area contributed by atoms with E-state index >= 15 is 0 Å². The molecule has 1 aliphatic carbocycles. The van der Waals surface area contributed by atoms with Crippen LogP contribution in [0.5, 0.6) is 0 Å². The third-order valence-electron chi connectivity index (χ3n) is 4.58. The Labute approximate surface area is 139 Å². The Hall–Kier alpha value is -2.00. The summed E-state index contributed by atoms with van der Waals surface area (Å²) in [5, 5.41) is 8.58. The molecule has 1 fully saturated rings. The first-order chi connectivity index (χ1) is 11.6. The summed E-state index contributed by atoms with van der Waals surface area (Å²) >= 11 is 0. The predicted octanol–water partition coefficient (Wildman–Crippen LogP) is 1.57. The molecule has 1 saturated carbocycles. The molecule has 0 aliphatic heterocycles. The quantitative estimate of drug-likeness (QED) is 0.728. The van der Waals surface area contributed by atoms with Gasteiger partial charge in [0.25, 0.3) is 0 Å². The van der Waals surface area contributed by atoms with Crippen LogP contribution in [-0.2, 0) is 10.0 Å². The van der Waals surface area contributed by atoms with Crippen molar-refractivity contribution in [2.75, 3.05) is 5.75 Å². The number of nitrogens with zero attached hydrogens (tertiary/aromatic N) is 4. The molecule has 0 radical (unpaired) electrons. The molecule has 8 nitrogen and oxygen atoms in total. The SMILES string of the molecule is CCCS(=O)(=O)N[C@H]1CC[C@@H](c2nnc3cnc4[nH]ccc4n23)C1. The van der Waals surface area contributed by atoms with Crippen molar-refractivity contribution >= 4 is 26.8 Å². The van der Waals surface area contributed by atoms with Crippen LogP contribution in [0.3, 0.4) is 0 Å². The highest BCUT2D eigenvalue weighted by atomic mass is 32.2. The molecule has 3 heterocycles. The van der Waals surface area contributed by atoms with E-state index in [4.69, 9.17) is 0 Å². The zero-order valence-corrected chi connectivity index (χ0v) is 14.3. The molecule has 2 N–H and O–H groups in total. The Morgan fingerprint density at radius 2 is 2.25 bits per heavy atom. The number of sulfonamides is 1. The summed E-state index contributed by atoms with van der Waals surface area (Å²) in [6.07, 6.45) is 6.64. The van der Waals surface area contributed by atoms with Gasteiger partial charge in [0.05, 0.1) is 17.5 Å². The van der Waals surface area contributed by atoms with Crippen molar-refractivity contribution in [2.24, 2.45) is 0 Å². The van der Waals surface area contributed by atoms with Crippen molar-refractivity contribution in [2.45, 2.75) is 44.6 Å². The first-order valence-corrected chi connectivity index (χ1v) is 9.90. The van der Waals surface area contributed by atoms with Crippen LogP contribution in [0.4, 0.5) is 0 Å². The summed E-state index contributed by atoms with van der Waals surface area (Å²) < 4.78 is 28.8. The molecule has 3 aromatic rings. The molecule has 1 aliphatic rings. The molecule has 9 heteroatoms. The fourth-order valence-corrected chi connectivity index (χ4v) is 4.94. The van der Waals surface area contributed by atoms with E-state index in [1.165, 1.54) is 0 Å². The summed E-state index contributed by atoms with van der Waals surface area (Å²) in [5.41, 5.74) is 2.45. The topological polar surface area (TPSA) is 105 Å². The van der Waals surface area contributed by atoms with Crippen LogP contribution in [0.15, 0.2) is 18.5 Å². The van der Waals surface area contributed by atoms with E-state index in [1.54, 1.807) is 6.20 Å². The number of aromatic amines is 1. The van der Waals surface area contributed by atoms with Crippen molar-refractivity contribution in [1.82, 2.24) is 29.3 Å². The fourth-order valence-electron chi connectivity index (χ4n) is 3.57. The van der Waals surface area contributed by atoms with E-state index < -0.39 is 10.0 Å². The lowest BCUT2D eigenvalue weighted by Gasteiger charge is -2.13. The summed E-state index contributed by atoms with van der Waals surface area (Å²) in [4.78, 5) is 7.42. The van der Waals surface area contributed by atoms with Crippen LogP contribution in [-0.4, -0.2) is 44.8 Å². The number of hydrogen-bond donors (Lipinski definition) is 2. The van der Waals surface area contributed by atoms with Crippen LogP contribution in [0, 0.1) is 0 Å². The van der Waals surface area contributed by atoms with Gasteiger partial charge in [-0.3, -0.25) is 4.40 Å². The van der Waals surface area contributed by atoms with E-state index in [0.717, 1.165) is 36.3 Å². The van der Waals surface area contributed by atoms with E-state index in [-0.39, 0.29) is 17.7 Å². The second-order valence-electron chi connectivity index (χ2n) is 6.37. The number of hydrogen-bond acceptors (Lipinski definition) is 5. The molecule has 24 heavy (non-hydrogen) atoms. The van der Waals surface area contributed by atoms with Gasteiger partial charge in [0.2, 0.25) is 10.0 Å². The zero-order valence-electron chi connectivity index (χ0n) is 13.4. The molecule has 4 rings (SSSR count). The third-order valence-corrected chi connectivity index (χ3v) is 6.22. The summed E-state index contributed by atoms with van der Waals surface area (Å²) in [7, 11) is -3.18. The number of H-pyrrole nitrogens is 1. The van der Waals surface area contributed by atoms with Crippen LogP contribution >= 0.6 is 0 Å². The molecule has 0 aromatic carbocycles. The van der Waals surface area contributed by atoms with Crippen molar-refractivity contribution in [1.29, 1.82) is 0 Å². The lowest BCUT2D eigenvalue weighted by atomic mass is 10.1. The molecule has 0 spiro atoms. The lowest BCUT2D eigenvalue weighted by Crippen LogP contribution is -2.34. The van der Waals surface area contributed by atoms with Gasteiger partial charge in [-0.05, 0) is 31.7 Å². The summed E-state index contributed by atoms with van der Waals surface area (Å²) in [5.74, 6) is 1.25. The van der Waals surface area contributed by atoms with Gasteiger partial charge in [-0.2, -0.15) is 0 Å². The number of aromatic nitrogens is 5. The highest BCUT2D eigenvalue weighted by molar-refractivity contribution is 7.89. The predicted molar refractivity (Wildman–Crippen MR) is 90.2 cm³/mol. The second-order valence-corrected chi connectivity index (χ2v) is 8.24. The van der Waals surface area contributed by atoms with Crippen LogP contribution in [0.1, 0.15) is 44.3 Å². The first kappa shape index (κ1) is 15.5. The maximum absolute atomic E-state index is 12.0. The summed E-state index contributed by atoms with van der Waals surface area (Å²) in [6.45, 7) is 1.87. The molecule has 0 unspecified atom stereocenters. The molecule has 3 aromatic heterocycles. The monoisotopic (exact) mass is 348 g/mol. The average molecular weight is 348 g/mol. The average Bonchev–Trinajstić information content (AvgIpc) is 3.23. The van der Waals surface area contributed by atoms with Gasteiger partial charge in [-0.25, -0.2) is 18.1 Å². The van der Waals surface area contributed by atoms with Crippen molar-refractivity contribution < 1.29 is 8.42 Å². The molecule has 0 bridgehead atoms. The van der Waals surface area contributed by atoms with Gasteiger partial charge in [0.15, 0.2) is 11.3 Å². The maximum Gasteiger partial charge on any atom is 0.211 e. The van der Waals surface area contributed by atoms with E-state index in [1.807, 2.05) is 23.6 Å². The van der Waals surface area contributed by atoms with Gasteiger partial charge in [0.1, 0.15) is 5.82 Å². The normalized spacial score (nSPS) is 21.9. The van der Waals surface area contributed by atoms with Crippen molar-refractivity contribution in [3.05, 3.63) is 24.3 Å². The largest absolute Gasteiger partial charge is 0.345 e. The van der Waals surface area contributed by atoms with E-state index in [2.05, 4.69) is 24.9 Å². The second kappa shape index (κ2) is 5.82. The molecule has 0 saturated heterocycles. The van der Waals surface area contributed by atoms with Gasteiger partial charge in [-0.15, -0.1) is 10.2 Å². The van der Waals surface area contributed by atoms with Crippen molar-refractivity contribution in [3.8, 4) is 0 Å². The molecule has 0 amide bonds. The van der Waals surface area contributed by atoms with Crippen LogP contribution in [0.2, 0.25) is 0 Å². The van der Waals surface area contributed by atoms with Gasteiger partial charge >= 0.3 is 0 Å². The fraction of sp³-hybridized carbons (Fsp3) is 0.533. The van der Waals surface area contributed by atoms with E-state index in [9.17, 15) is 8.42 Å². The van der Waals surface area contributed by atoms with Gasteiger partial charge < -0.3 is 4.98 Å². The minimum Gasteiger partial charge on any atom is -0.345 e. The lowest BCUT2D eigenvalue weighted by molar-refractivity contribution is 0.545. The smallest absolute Gasteiger partial charge is 0.211 e. The summed E-state index contributed by atoms with van der Waals surface area (Å²) in [6, 6.07) is 1.93. The highest BCUT2D eigenvalue weighted by Gasteiger charge is 2.31. The number of nitrogens with one attached hydrogen (secondary N) is 2. The molecule has 128 valence electrons. The zero-order chi connectivity index (χ0) is 16.7. The molecular weight excluding hydrogens is 328 g/mol. The van der Waals surface area contributed by atoms with Crippen molar-refractivity contribution in [3.63, 3.8) is 0 Å². The highest BCUT2D eigenvalue weighted by Crippen LogP contribution is 2.34. The Morgan fingerprint density at radius 3 is 3.08 bits per heavy atom. The van der Waals surface area contributed by atoms with Gasteiger partial charge in [0, 0.05) is 18.2 Å². The Bertz CT molecular complexity index is 976. The molecular formula is C15H20N6O2S. The van der Waals surface area contributed by atoms with Crippen LogP contribution in [0.25, 0.3) is 16.8 Å². The third kappa shape index (κ3) is 2.67. The number of fused-ring (bicyclic) bond motifs is 3. The first-order valence-electron chi connectivity index (χ1n) is 8.24. The Morgan fingerprint density at radius 1 is 1.38 bits per heavy atom. The Balaban J connectivity index is 1.61. The van der Waals surface area contributed by atoms with Crippen LogP contribution < -0.4 is 4.72 Å². The maximum atomic E-state index is 12.0. The minimum atomic E-state index is -3.18. The van der Waals surface area contributed by atoms with Gasteiger partial charge in [-0.1, -0.05) is 6.92 Å².